The highest BCUT2D eigenvalue weighted by Crippen LogP contribution is 2.28. The maximum absolute atomic E-state index is 12.9. The van der Waals surface area contributed by atoms with Crippen LogP contribution in [0.3, 0.4) is 0 Å². The molecule has 4 rings (SSSR count). The van der Waals surface area contributed by atoms with Crippen LogP contribution in [0.25, 0.3) is 0 Å². The number of aromatic nitrogens is 2. The van der Waals surface area contributed by atoms with E-state index in [0.29, 0.717) is 49.3 Å². The van der Waals surface area contributed by atoms with Gasteiger partial charge in [-0.25, -0.2) is 8.42 Å². The molecule has 9 nitrogen and oxygen atoms in total. The van der Waals surface area contributed by atoms with E-state index in [1.165, 1.54) is 10.4 Å². The summed E-state index contributed by atoms with van der Waals surface area (Å²) in [4.78, 5) is 13.5. The van der Waals surface area contributed by atoms with Crippen LogP contribution < -0.4 is 10.2 Å². The highest BCUT2D eigenvalue weighted by Gasteiger charge is 2.31. The number of nitrogens with zero attached hydrogens (tertiary/aromatic N) is 4. The number of anilines is 2. The molecule has 0 radical (unpaired) electrons. The molecule has 2 aliphatic heterocycles. The molecule has 0 saturated carbocycles. The maximum atomic E-state index is 12.9. The van der Waals surface area contributed by atoms with Gasteiger partial charge in [0.25, 0.3) is 0 Å². The number of carbonyl (C=O) groups excluding carboxylic acids is 1. The van der Waals surface area contributed by atoms with E-state index in [-0.39, 0.29) is 17.2 Å². The van der Waals surface area contributed by atoms with E-state index < -0.39 is 10.0 Å². The van der Waals surface area contributed by atoms with Crippen molar-refractivity contribution in [2.45, 2.75) is 18.2 Å². The number of sulfonamides is 1. The molecule has 1 saturated heterocycles. The van der Waals surface area contributed by atoms with Crippen LogP contribution in [0.2, 0.25) is 0 Å². The lowest BCUT2D eigenvalue weighted by atomic mass is 10.2. The van der Waals surface area contributed by atoms with Crippen molar-refractivity contribution in [3.8, 4) is 0 Å². The van der Waals surface area contributed by atoms with Gasteiger partial charge in [0.1, 0.15) is 0 Å². The molecule has 1 aromatic heterocycles. The monoisotopic (exact) mass is 363 g/mol. The van der Waals surface area contributed by atoms with Crippen LogP contribution in [0.15, 0.2) is 27.5 Å². The van der Waals surface area contributed by atoms with Crippen molar-refractivity contribution in [3.63, 3.8) is 0 Å². The van der Waals surface area contributed by atoms with E-state index in [4.69, 9.17) is 4.42 Å². The van der Waals surface area contributed by atoms with Gasteiger partial charge in [-0.1, -0.05) is 5.10 Å². The summed E-state index contributed by atoms with van der Waals surface area (Å²) in [6.45, 7) is 3.33. The second-order valence-electron chi connectivity index (χ2n) is 6.04. The molecule has 10 heteroatoms. The molecular formula is C15H17N5O4S. The number of piperazine rings is 1. The summed E-state index contributed by atoms with van der Waals surface area (Å²) in [7, 11) is -3.60. The van der Waals surface area contributed by atoms with Gasteiger partial charge < -0.3 is 14.6 Å². The third-order valence-electron chi connectivity index (χ3n) is 4.36. The summed E-state index contributed by atoms with van der Waals surface area (Å²) in [6.07, 6.45) is 0.211. The summed E-state index contributed by atoms with van der Waals surface area (Å²) in [5.41, 5.74) is 1.39. The van der Waals surface area contributed by atoms with Crippen LogP contribution in [0.5, 0.6) is 0 Å². The minimum absolute atomic E-state index is 0.118. The Kier molecular flexibility index (Phi) is 3.73. The molecule has 0 bridgehead atoms. The predicted octanol–water partition coefficient (Wildman–Crippen LogP) is 0.384. The first-order chi connectivity index (χ1) is 11.9. The van der Waals surface area contributed by atoms with Gasteiger partial charge in [-0.15, -0.1) is 5.10 Å². The van der Waals surface area contributed by atoms with Crippen molar-refractivity contribution in [2.24, 2.45) is 0 Å². The van der Waals surface area contributed by atoms with Crippen molar-refractivity contribution in [1.29, 1.82) is 0 Å². The van der Waals surface area contributed by atoms with Crippen LogP contribution in [0.1, 0.15) is 11.5 Å². The zero-order chi connectivity index (χ0) is 17.6. The fourth-order valence-corrected chi connectivity index (χ4v) is 4.52. The predicted molar refractivity (Wildman–Crippen MR) is 88.8 cm³/mol. The van der Waals surface area contributed by atoms with Crippen molar-refractivity contribution in [2.75, 3.05) is 36.4 Å². The Balaban J connectivity index is 1.50. The lowest BCUT2D eigenvalue weighted by Crippen LogP contribution is -2.48. The fraction of sp³-hybridized carbons (Fsp3) is 0.400. The van der Waals surface area contributed by atoms with Crippen molar-refractivity contribution in [1.82, 2.24) is 14.5 Å². The molecule has 1 aromatic carbocycles. The second kappa shape index (κ2) is 5.81. The topological polar surface area (TPSA) is 109 Å². The fourth-order valence-electron chi connectivity index (χ4n) is 3.05. The SMILES string of the molecule is Cc1nnc(N2CCN(S(=O)(=O)c3ccc4c(c3)CC(=O)N4)CC2)o1. The van der Waals surface area contributed by atoms with Gasteiger partial charge in [0.05, 0.1) is 11.3 Å². The number of hydrogen-bond acceptors (Lipinski definition) is 7. The zero-order valence-corrected chi connectivity index (χ0v) is 14.4. The number of fused-ring (bicyclic) bond motifs is 1. The Hall–Kier alpha value is -2.46. The summed E-state index contributed by atoms with van der Waals surface area (Å²) >= 11 is 0. The van der Waals surface area contributed by atoms with Gasteiger partial charge in [-0.2, -0.15) is 4.31 Å². The van der Waals surface area contributed by atoms with Gasteiger partial charge in [-0.05, 0) is 23.8 Å². The molecule has 1 fully saturated rings. The van der Waals surface area contributed by atoms with Crippen LogP contribution in [-0.4, -0.2) is 55.0 Å². The Morgan fingerprint density at radius 1 is 1.16 bits per heavy atom. The molecule has 1 amide bonds. The second-order valence-corrected chi connectivity index (χ2v) is 7.98. The first-order valence-corrected chi connectivity index (χ1v) is 9.35. The number of nitrogens with one attached hydrogen (secondary N) is 1. The molecule has 0 unspecified atom stereocenters. The smallest absolute Gasteiger partial charge is 0.318 e. The van der Waals surface area contributed by atoms with Crippen LogP contribution in [-0.2, 0) is 21.2 Å². The zero-order valence-electron chi connectivity index (χ0n) is 13.6. The van der Waals surface area contributed by atoms with Crippen LogP contribution in [0, 0.1) is 6.92 Å². The van der Waals surface area contributed by atoms with E-state index in [1.54, 1.807) is 19.1 Å². The molecule has 25 heavy (non-hydrogen) atoms. The van der Waals surface area contributed by atoms with Crippen molar-refractivity contribution in [3.05, 3.63) is 29.7 Å². The normalized spacial score (nSPS) is 18.3. The molecule has 0 spiro atoms. The molecule has 0 atom stereocenters. The molecule has 2 aromatic rings. The lowest BCUT2D eigenvalue weighted by molar-refractivity contribution is -0.115. The Bertz CT molecular complexity index is 931. The van der Waals surface area contributed by atoms with Gasteiger partial charge >= 0.3 is 6.01 Å². The average Bonchev–Trinajstić information content (AvgIpc) is 3.18. The Labute approximate surface area is 144 Å². The molecule has 132 valence electrons. The molecular weight excluding hydrogens is 346 g/mol. The van der Waals surface area contributed by atoms with Gasteiger partial charge in [0.15, 0.2) is 0 Å². The van der Waals surface area contributed by atoms with Crippen molar-refractivity contribution < 1.29 is 17.6 Å². The van der Waals surface area contributed by atoms with Crippen LogP contribution in [0.4, 0.5) is 11.7 Å². The molecule has 3 heterocycles. The maximum Gasteiger partial charge on any atom is 0.318 e. The first-order valence-electron chi connectivity index (χ1n) is 7.91. The third-order valence-corrected chi connectivity index (χ3v) is 6.26. The highest BCUT2D eigenvalue weighted by atomic mass is 32.2. The minimum Gasteiger partial charge on any atom is -0.408 e. The van der Waals surface area contributed by atoms with E-state index in [1.807, 2.05) is 4.90 Å². The Morgan fingerprint density at radius 2 is 1.92 bits per heavy atom. The summed E-state index contributed by atoms with van der Waals surface area (Å²) in [6, 6.07) is 5.17. The number of benzene rings is 1. The number of rotatable bonds is 3. The van der Waals surface area contributed by atoms with Crippen molar-refractivity contribution >= 4 is 27.6 Å². The molecule has 2 aliphatic rings. The highest BCUT2D eigenvalue weighted by molar-refractivity contribution is 7.89. The Morgan fingerprint density at radius 3 is 2.60 bits per heavy atom. The van der Waals surface area contributed by atoms with Gasteiger partial charge in [0.2, 0.25) is 21.8 Å². The van der Waals surface area contributed by atoms with E-state index in [0.717, 1.165) is 0 Å². The summed E-state index contributed by atoms with van der Waals surface area (Å²) in [5, 5.41) is 10.5. The van der Waals surface area contributed by atoms with Crippen LogP contribution >= 0.6 is 0 Å². The summed E-state index contributed by atoms with van der Waals surface area (Å²) in [5.74, 6) is 0.361. The van der Waals surface area contributed by atoms with Gasteiger partial charge in [0, 0.05) is 38.8 Å². The number of aryl methyl sites for hydroxylation is 1. The third kappa shape index (κ3) is 2.87. The largest absolute Gasteiger partial charge is 0.408 e. The van der Waals surface area contributed by atoms with E-state index in [2.05, 4.69) is 15.5 Å². The number of hydrogen-bond donors (Lipinski definition) is 1. The van der Waals surface area contributed by atoms with E-state index in [9.17, 15) is 13.2 Å². The molecule has 0 aliphatic carbocycles. The standard InChI is InChI=1S/C15H17N5O4S/c1-10-17-18-15(24-10)19-4-6-20(7-5-19)25(22,23)12-2-3-13-11(8-12)9-14(21)16-13/h2-3,8H,4-7,9H2,1H3,(H,16,21). The quantitative estimate of drug-likeness (QED) is 0.840. The van der Waals surface area contributed by atoms with Gasteiger partial charge in [-0.3, -0.25) is 4.79 Å². The summed E-state index contributed by atoms with van der Waals surface area (Å²) < 4.78 is 32.6. The average molecular weight is 363 g/mol. The first kappa shape index (κ1) is 16.0. The number of amides is 1. The molecule has 1 N–H and O–H groups in total. The lowest BCUT2D eigenvalue weighted by Gasteiger charge is -2.32. The number of carbonyl (C=O) groups is 1. The van der Waals surface area contributed by atoms with E-state index >= 15 is 0 Å². The minimum atomic E-state index is -3.60.